The van der Waals surface area contributed by atoms with E-state index >= 15 is 0 Å². The maximum Gasteiger partial charge on any atom is 0.441 e. The van der Waals surface area contributed by atoms with Crippen LogP contribution in [0.15, 0.2) is 4.99 Å². The molecular formula is C45H59N9O14. The van der Waals surface area contributed by atoms with Crippen molar-refractivity contribution in [2.24, 2.45) is 28.7 Å². The number of rotatable bonds is 23. The molecule has 0 saturated heterocycles. The molecule has 0 aromatic rings. The summed E-state index contributed by atoms with van der Waals surface area (Å²) in [6, 6.07) is 0. The molecule has 0 spiro atoms. The lowest BCUT2D eigenvalue weighted by molar-refractivity contribution is -0.153. The first kappa shape index (κ1) is 54.0. The normalized spacial score (nSPS) is 18.0. The number of nitrogens with zero attached hydrogens (tertiary/aromatic N) is 9. The third-order valence-corrected chi connectivity index (χ3v) is 12.6. The Hall–Kier alpha value is -6.65. The number of esters is 4. The number of carbonyl (C=O) groups is 8. The molecule has 0 N–H and O–H groups in total. The fourth-order valence-electron chi connectivity index (χ4n) is 8.78. The highest BCUT2D eigenvalue weighted by Crippen LogP contribution is 2.28. The van der Waals surface area contributed by atoms with Gasteiger partial charge in [-0.15, -0.1) is 0 Å². The highest BCUT2D eigenvalue weighted by molar-refractivity contribution is 6.64. The van der Waals surface area contributed by atoms with E-state index in [1.165, 1.54) is 6.92 Å². The minimum atomic E-state index is -2.44. The van der Waals surface area contributed by atoms with Crippen molar-refractivity contribution < 1.29 is 85.9 Å². The molecule has 4 aliphatic carbocycles. The van der Waals surface area contributed by atoms with Gasteiger partial charge in [-0.1, -0.05) is 77.0 Å². The first-order valence-electron chi connectivity index (χ1n) is 23.4. The zero-order chi connectivity index (χ0) is 49.5. The molecule has 4 rings (SSSR count). The summed E-state index contributed by atoms with van der Waals surface area (Å²) >= 11 is 0. The van der Waals surface area contributed by atoms with Gasteiger partial charge >= 0.3 is 52.8 Å². The Kier molecular flexibility index (Phi) is 22.1. The Labute approximate surface area is 392 Å². The molecule has 0 bridgehead atoms. The van der Waals surface area contributed by atoms with E-state index in [1.54, 1.807) is 0 Å². The minimum Gasteiger partial charge on any atom is -0.454 e. The molecule has 0 aliphatic heterocycles. The van der Waals surface area contributed by atoms with Gasteiger partial charge in [-0.2, -0.15) is 24.2 Å². The molecule has 4 saturated carbocycles. The van der Waals surface area contributed by atoms with Gasteiger partial charge in [-0.05, 0) is 58.3 Å². The van der Waals surface area contributed by atoms with Crippen molar-refractivity contribution >= 4 is 75.9 Å². The van der Waals surface area contributed by atoms with E-state index in [-0.39, 0.29) is 6.61 Å². The zero-order valence-corrected chi connectivity index (χ0v) is 38.4. The molecule has 0 amide bonds. The largest absolute Gasteiger partial charge is 0.454 e. The minimum absolute atomic E-state index is 0.198. The predicted octanol–water partition coefficient (Wildman–Crippen LogP) is 3.59. The summed E-state index contributed by atoms with van der Waals surface area (Å²) in [6.07, 6.45) is 11.8. The molecule has 368 valence electrons. The van der Waals surface area contributed by atoms with Gasteiger partial charge in [-0.25, -0.2) is 19.2 Å². The van der Waals surface area contributed by atoms with Crippen LogP contribution in [0, 0.1) is 23.7 Å². The van der Waals surface area contributed by atoms with Crippen LogP contribution in [0.3, 0.4) is 0 Å². The van der Waals surface area contributed by atoms with Crippen LogP contribution in [-0.4, -0.2) is 140 Å². The SMILES string of the molecule is CCOC(=NC(COC(=O)C(=[N+]=[N-])C(=O)C1CCCCC1)(COC(=O)C(=[N+]=[N-])C(=O)C1CCCCC1)COC(=O)C(=[N+]=[N-])C(=O)C1CCCCC1)OCCOC(=O)C(=[N+]=[N-])C(=O)C1CCCCC1. The average molecular weight is 950 g/mol. The summed E-state index contributed by atoms with van der Waals surface area (Å²) in [5.74, 6) is -11.4. The van der Waals surface area contributed by atoms with Crippen molar-refractivity contribution in [2.75, 3.05) is 39.6 Å². The molecule has 0 heterocycles. The Morgan fingerprint density at radius 1 is 0.412 bits per heavy atom. The zero-order valence-electron chi connectivity index (χ0n) is 38.4. The number of Topliss-reactive ketones (excluding diaryl/α,β-unsaturated/α-hetero) is 4. The monoisotopic (exact) mass is 949 g/mol. The fourth-order valence-corrected chi connectivity index (χ4v) is 8.78. The highest BCUT2D eigenvalue weighted by Gasteiger charge is 2.46. The second kappa shape index (κ2) is 27.9. The summed E-state index contributed by atoms with van der Waals surface area (Å²) < 4.78 is 32.7. The number of aliphatic imine (C=N–C) groups is 1. The number of ketones is 4. The van der Waals surface area contributed by atoms with E-state index in [0.29, 0.717) is 89.9 Å². The lowest BCUT2D eigenvalue weighted by Crippen LogP contribution is -2.48. The smallest absolute Gasteiger partial charge is 0.441 e. The van der Waals surface area contributed by atoms with Crippen molar-refractivity contribution in [1.29, 1.82) is 0 Å². The lowest BCUT2D eigenvalue weighted by Gasteiger charge is -2.28. The summed E-state index contributed by atoms with van der Waals surface area (Å²) in [7, 11) is 0. The van der Waals surface area contributed by atoms with Crippen molar-refractivity contribution in [3.63, 3.8) is 0 Å². The molecule has 4 fully saturated rings. The summed E-state index contributed by atoms with van der Waals surface area (Å²) in [6.45, 7) is -3.26. The third kappa shape index (κ3) is 15.5. The van der Waals surface area contributed by atoms with Crippen LogP contribution in [0.4, 0.5) is 0 Å². The second-order valence-corrected chi connectivity index (χ2v) is 17.3. The van der Waals surface area contributed by atoms with Gasteiger partial charge in [-0.3, -0.25) is 19.2 Å². The number of ether oxygens (including phenoxy) is 6. The summed E-state index contributed by atoms with van der Waals surface area (Å²) in [5.41, 5.74) is 32.8. The van der Waals surface area contributed by atoms with Crippen LogP contribution in [0.5, 0.6) is 0 Å². The van der Waals surface area contributed by atoms with Gasteiger partial charge in [0, 0.05) is 23.7 Å². The summed E-state index contributed by atoms with van der Waals surface area (Å²) in [5, 5.41) is 0. The molecule has 0 radical (unpaired) electrons. The van der Waals surface area contributed by atoms with E-state index in [4.69, 9.17) is 28.4 Å². The topological polar surface area (TPSA) is 350 Å². The Morgan fingerprint density at radius 2 is 0.676 bits per heavy atom. The third-order valence-electron chi connectivity index (χ3n) is 12.6. The lowest BCUT2D eigenvalue weighted by atomic mass is 9.84. The van der Waals surface area contributed by atoms with Crippen LogP contribution in [0.1, 0.15) is 135 Å². The molecule has 0 atom stereocenters. The van der Waals surface area contributed by atoms with E-state index in [9.17, 15) is 60.5 Å². The van der Waals surface area contributed by atoms with Crippen LogP contribution in [-0.2, 0) is 66.8 Å². The number of hydrogen-bond donors (Lipinski definition) is 0. The van der Waals surface area contributed by atoms with Crippen LogP contribution >= 0.6 is 0 Å². The molecule has 23 heteroatoms. The van der Waals surface area contributed by atoms with Gasteiger partial charge in [0.25, 0.3) is 23.1 Å². The molecule has 4 aliphatic rings. The quantitative estimate of drug-likeness (QED) is 0.0207. The fraction of sp³-hybridized carbons (Fsp3) is 0.711. The highest BCUT2D eigenvalue weighted by atomic mass is 16.7. The molecule has 0 aromatic heterocycles. The van der Waals surface area contributed by atoms with Crippen molar-refractivity contribution in [3.05, 3.63) is 22.1 Å². The van der Waals surface area contributed by atoms with Crippen LogP contribution in [0.2, 0.25) is 0 Å². The molecule has 68 heavy (non-hydrogen) atoms. The Balaban J connectivity index is 1.69. The van der Waals surface area contributed by atoms with E-state index in [2.05, 4.69) is 24.2 Å². The molecular weight excluding hydrogens is 891 g/mol. The average Bonchev–Trinajstić information content (AvgIpc) is 3.37. The predicted molar refractivity (Wildman–Crippen MR) is 232 cm³/mol. The number of carbonyl (C=O) groups excluding carboxylic acids is 8. The van der Waals surface area contributed by atoms with Crippen LogP contribution < -0.4 is 0 Å². The van der Waals surface area contributed by atoms with E-state index in [0.717, 1.165) is 38.5 Å². The standard InChI is InChI=1S/C45H59N9O14/c1-2-63-44(65-24-23-64-40(59)32(51-46)36(55)28-15-7-3-8-16-28)50-45(25-66-41(60)33(52-47)37(56)29-17-9-4-10-18-29,26-67-42(61)34(53-48)38(57)30-19-11-5-12-20-30)27-68-43(62)35(54-49)39(58)31-21-13-6-14-22-31/h28-31H,2-27H2,1H3. The first-order valence-corrected chi connectivity index (χ1v) is 23.4. The first-order chi connectivity index (χ1) is 32.8. The van der Waals surface area contributed by atoms with E-state index in [1.807, 2.05) is 0 Å². The Bertz CT molecular complexity index is 1980. The Morgan fingerprint density at radius 3 is 0.941 bits per heavy atom. The van der Waals surface area contributed by atoms with Gasteiger partial charge in [0.2, 0.25) is 0 Å². The van der Waals surface area contributed by atoms with Crippen molar-refractivity contribution in [2.45, 2.75) is 141 Å². The van der Waals surface area contributed by atoms with Crippen molar-refractivity contribution in [1.82, 2.24) is 0 Å². The van der Waals surface area contributed by atoms with Crippen molar-refractivity contribution in [3.8, 4) is 0 Å². The maximum atomic E-state index is 13.6. The maximum absolute atomic E-state index is 13.6. The van der Waals surface area contributed by atoms with Gasteiger partial charge in [0.15, 0.2) is 5.54 Å². The second-order valence-electron chi connectivity index (χ2n) is 17.3. The van der Waals surface area contributed by atoms with Gasteiger partial charge in [0.05, 0.1) is 6.61 Å². The summed E-state index contributed by atoms with van der Waals surface area (Å²) in [4.78, 5) is 123. The molecule has 23 nitrogen and oxygen atoms in total. The molecule has 0 unspecified atom stereocenters. The molecule has 0 aromatic carbocycles. The van der Waals surface area contributed by atoms with Gasteiger partial charge < -0.3 is 50.5 Å². The van der Waals surface area contributed by atoms with Crippen LogP contribution in [0.25, 0.3) is 22.1 Å². The number of hydrogen-bond acceptors (Lipinski definition) is 15. The van der Waals surface area contributed by atoms with E-state index < -0.39 is 138 Å². The van der Waals surface area contributed by atoms with Gasteiger partial charge in [0.1, 0.15) is 33.0 Å².